The van der Waals surface area contributed by atoms with Gasteiger partial charge < -0.3 is 10.1 Å². The maximum atomic E-state index is 12.0. The number of rotatable bonds is 4. The molecule has 1 aliphatic heterocycles. The van der Waals surface area contributed by atoms with Crippen molar-refractivity contribution >= 4 is 29.1 Å². The van der Waals surface area contributed by atoms with E-state index in [-0.39, 0.29) is 17.4 Å². The molecule has 8 heteroatoms. The van der Waals surface area contributed by atoms with Gasteiger partial charge in [-0.1, -0.05) is 26.0 Å². The molecule has 3 rings (SSSR count). The second-order valence-electron chi connectivity index (χ2n) is 6.74. The number of nitrogens with zero attached hydrogens (tertiary/aromatic N) is 4. The number of hydrogen-bond acceptors (Lipinski definition) is 6. The molecule has 0 aromatic carbocycles. The van der Waals surface area contributed by atoms with E-state index in [4.69, 9.17) is 4.74 Å². The minimum atomic E-state index is -0.240. The van der Waals surface area contributed by atoms with E-state index in [1.165, 1.54) is 6.08 Å². The summed E-state index contributed by atoms with van der Waals surface area (Å²) < 4.78 is 7.06. The molecular weight excluding hydrogens is 326 g/mol. The number of anilines is 1. The van der Waals surface area contributed by atoms with Crippen molar-refractivity contribution in [3.8, 4) is 0 Å². The van der Waals surface area contributed by atoms with E-state index in [1.807, 2.05) is 0 Å². The van der Waals surface area contributed by atoms with Crippen LogP contribution in [0.2, 0.25) is 0 Å². The molecule has 1 aliphatic rings. The highest BCUT2D eigenvalue weighted by Gasteiger charge is 2.19. The largest absolute Gasteiger partial charge is 0.379 e. The Bertz CT molecular complexity index is 738. The molecule has 1 amide bonds. The highest BCUT2D eigenvalue weighted by molar-refractivity contribution is 7.12. The molecule has 24 heavy (non-hydrogen) atoms. The van der Waals surface area contributed by atoms with Crippen LogP contribution in [-0.4, -0.2) is 39.1 Å². The van der Waals surface area contributed by atoms with Crippen LogP contribution in [-0.2, 0) is 14.9 Å². The second kappa shape index (κ2) is 6.82. The predicted octanol–water partition coefficient (Wildman–Crippen LogP) is 2.65. The third-order valence-electron chi connectivity index (χ3n) is 3.61. The van der Waals surface area contributed by atoms with E-state index in [0.717, 1.165) is 22.9 Å². The standard InChI is InChI=1S/C16H21N5O2S/c1-16(2,3)15-17-8-12(24-15)4-5-14(22)18-13-9-21(20-19-13)11-6-7-23-10-11/h4-5,8-9,11H,6-7,10H2,1-3H3,(H,18,22)/b5-4+. The van der Waals surface area contributed by atoms with Crippen LogP contribution in [0.1, 0.15) is 43.1 Å². The van der Waals surface area contributed by atoms with Crippen molar-refractivity contribution in [2.24, 2.45) is 0 Å². The molecule has 1 fully saturated rings. The Kier molecular flexibility index (Phi) is 4.77. The molecule has 0 saturated carbocycles. The van der Waals surface area contributed by atoms with Gasteiger partial charge in [-0.05, 0) is 12.5 Å². The van der Waals surface area contributed by atoms with Crippen LogP contribution >= 0.6 is 11.3 Å². The number of carbonyl (C=O) groups is 1. The molecule has 3 heterocycles. The SMILES string of the molecule is CC(C)(C)c1ncc(/C=C/C(=O)Nc2cn(C3CCOC3)nn2)s1. The summed E-state index contributed by atoms with van der Waals surface area (Å²) >= 11 is 1.59. The Morgan fingerprint density at radius 1 is 1.50 bits per heavy atom. The number of amides is 1. The lowest BCUT2D eigenvalue weighted by molar-refractivity contribution is -0.111. The lowest BCUT2D eigenvalue weighted by Gasteiger charge is -2.13. The summed E-state index contributed by atoms with van der Waals surface area (Å²) in [5, 5.41) is 11.8. The second-order valence-corrected chi connectivity index (χ2v) is 7.80. The Hall–Kier alpha value is -2.06. The lowest BCUT2D eigenvalue weighted by Crippen LogP contribution is -2.09. The smallest absolute Gasteiger partial charge is 0.249 e. The molecule has 2 aromatic rings. The van der Waals surface area contributed by atoms with Gasteiger partial charge in [0.15, 0.2) is 5.82 Å². The van der Waals surface area contributed by atoms with Crippen molar-refractivity contribution in [1.29, 1.82) is 0 Å². The summed E-state index contributed by atoms with van der Waals surface area (Å²) in [6.07, 6.45) is 7.67. The molecule has 0 bridgehead atoms. The zero-order valence-corrected chi connectivity index (χ0v) is 14.8. The Morgan fingerprint density at radius 3 is 3.00 bits per heavy atom. The molecule has 0 radical (unpaired) electrons. The average Bonchev–Trinajstić information content (AvgIpc) is 3.25. The predicted molar refractivity (Wildman–Crippen MR) is 93.0 cm³/mol. The van der Waals surface area contributed by atoms with Crippen molar-refractivity contribution in [1.82, 2.24) is 20.0 Å². The van der Waals surface area contributed by atoms with Gasteiger partial charge in [-0.25, -0.2) is 9.67 Å². The van der Waals surface area contributed by atoms with Crippen LogP contribution in [0.25, 0.3) is 6.08 Å². The minimum Gasteiger partial charge on any atom is -0.379 e. The van der Waals surface area contributed by atoms with Crippen molar-refractivity contribution in [2.75, 3.05) is 18.5 Å². The summed E-state index contributed by atoms with van der Waals surface area (Å²) in [5.41, 5.74) is 0.0153. The first-order valence-corrected chi connectivity index (χ1v) is 8.68. The highest BCUT2D eigenvalue weighted by Crippen LogP contribution is 2.27. The highest BCUT2D eigenvalue weighted by atomic mass is 32.1. The fraction of sp³-hybridized carbons (Fsp3) is 0.500. The van der Waals surface area contributed by atoms with Gasteiger partial charge in [-0.3, -0.25) is 4.79 Å². The Labute approximate surface area is 144 Å². The summed E-state index contributed by atoms with van der Waals surface area (Å²) in [6.45, 7) is 7.72. The zero-order chi connectivity index (χ0) is 17.2. The number of hydrogen-bond donors (Lipinski definition) is 1. The fourth-order valence-electron chi connectivity index (χ4n) is 2.28. The van der Waals surface area contributed by atoms with Crippen molar-refractivity contribution in [3.63, 3.8) is 0 Å². The first-order valence-electron chi connectivity index (χ1n) is 7.87. The van der Waals surface area contributed by atoms with Gasteiger partial charge in [0.05, 0.1) is 23.9 Å². The van der Waals surface area contributed by atoms with Gasteiger partial charge in [0.1, 0.15) is 0 Å². The van der Waals surface area contributed by atoms with Crippen LogP contribution in [0, 0.1) is 0 Å². The van der Waals surface area contributed by atoms with E-state index < -0.39 is 0 Å². The van der Waals surface area contributed by atoms with Crippen molar-refractivity contribution < 1.29 is 9.53 Å². The van der Waals surface area contributed by atoms with Gasteiger partial charge in [0.25, 0.3) is 0 Å². The summed E-state index contributed by atoms with van der Waals surface area (Å²) in [7, 11) is 0. The quantitative estimate of drug-likeness (QED) is 0.860. The summed E-state index contributed by atoms with van der Waals surface area (Å²) in [5.74, 6) is 0.201. The third-order valence-corrected chi connectivity index (χ3v) is 4.99. The monoisotopic (exact) mass is 347 g/mol. The lowest BCUT2D eigenvalue weighted by atomic mass is 9.98. The molecule has 1 N–H and O–H groups in total. The summed E-state index contributed by atoms with van der Waals surface area (Å²) in [4.78, 5) is 17.3. The molecular formula is C16H21N5O2S. The van der Waals surface area contributed by atoms with Crippen LogP contribution in [0.5, 0.6) is 0 Å². The molecule has 2 aromatic heterocycles. The van der Waals surface area contributed by atoms with E-state index in [1.54, 1.807) is 34.5 Å². The number of aromatic nitrogens is 4. The zero-order valence-electron chi connectivity index (χ0n) is 14.0. The number of carbonyl (C=O) groups excluding carboxylic acids is 1. The van der Waals surface area contributed by atoms with Crippen molar-refractivity contribution in [3.05, 3.63) is 28.4 Å². The molecule has 0 spiro atoms. The average molecular weight is 347 g/mol. The van der Waals surface area contributed by atoms with Gasteiger partial charge in [-0.15, -0.1) is 16.4 Å². The molecule has 1 unspecified atom stereocenters. The third kappa shape index (κ3) is 4.07. The van der Waals surface area contributed by atoms with Gasteiger partial charge in [0, 0.05) is 29.2 Å². The van der Waals surface area contributed by atoms with E-state index in [9.17, 15) is 4.79 Å². The summed E-state index contributed by atoms with van der Waals surface area (Å²) in [6, 6.07) is 0.201. The fourth-order valence-corrected chi connectivity index (χ4v) is 3.16. The first kappa shape index (κ1) is 16.8. The van der Waals surface area contributed by atoms with Crippen LogP contribution < -0.4 is 5.32 Å². The molecule has 1 saturated heterocycles. The van der Waals surface area contributed by atoms with E-state index in [0.29, 0.717) is 12.4 Å². The van der Waals surface area contributed by atoms with Gasteiger partial charge >= 0.3 is 0 Å². The first-order chi connectivity index (χ1) is 11.4. The van der Waals surface area contributed by atoms with Gasteiger partial charge in [0.2, 0.25) is 5.91 Å². The van der Waals surface area contributed by atoms with Gasteiger partial charge in [-0.2, -0.15) is 0 Å². The van der Waals surface area contributed by atoms with Crippen LogP contribution in [0.3, 0.4) is 0 Å². The molecule has 0 aliphatic carbocycles. The van der Waals surface area contributed by atoms with Crippen molar-refractivity contribution in [2.45, 2.75) is 38.6 Å². The maximum Gasteiger partial charge on any atom is 0.249 e. The number of ether oxygens (including phenoxy) is 1. The van der Waals surface area contributed by atoms with Crippen LogP contribution in [0.15, 0.2) is 18.5 Å². The molecule has 128 valence electrons. The Morgan fingerprint density at radius 2 is 2.33 bits per heavy atom. The van der Waals surface area contributed by atoms with Crippen LogP contribution in [0.4, 0.5) is 5.82 Å². The van der Waals surface area contributed by atoms with E-state index >= 15 is 0 Å². The molecule has 7 nitrogen and oxygen atoms in total. The Balaban J connectivity index is 1.58. The number of nitrogens with one attached hydrogen (secondary N) is 1. The number of thiazole rings is 1. The maximum absolute atomic E-state index is 12.0. The molecule has 1 atom stereocenters. The topological polar surface area (TPSA) is 81.9 Å². The van der Waals surface area contributed by atoms with E-state index in [2.05, 4.69) is 41.4 Å². The normalized spacial score (nSPS) is 18.4. The minimum absolute atomic E-state index is 0.0153.